The zero-order valence-electron chi connectivity index (χ0n) is 12.2. The summed E-state index contributed by atoms with van der Waals surface area (Å²) in [6.45, 7) is 10.7. The Kier molecular flexibility index (Phi) is 5.17. The third kappa shape index (κ3) is 3.72. The third-order valence-electron chi connectivity index (χ3n) is 3.42. The molecule has 0 saturated heterocycles. The van der Waals surface area contributed by atoms with Gasteiger partial charge in [0.15, 0.2) is 0 Å². The van der Waals surface area contributed by atoms with E-state index in [0.29, 0.717) is 0 Å². The van der Waals surface area contributed by atoms with E-state index in [1.54, 1.807) is 0 Å². The molecule has 0 aromatic heterocycles. The summed E-state index contributed by atoms with van der Waals surface area (Å²) in [7, 11) is 0. The van der Waals surface area contributed by atoms with Gasteiger partial charge in [-0.05, 0) is 43.4 Å². The summed E-state index contributed by atoms with van der Waals surface area (Å²) in [5.41, 5.74) is 4.21. The van der Waals surface area contributed by atoms with Crippen molar-refractivity contribution in [2.45, 2.75) is 53.2 Å². The molecule has 0 saturated carbocycles. The number of hydrogen-bond acceptors (Lipinski definition) is 3. The van der Waals surface area contributed by atoms with E-state index in [0.717, 1.165) is 12.2 Å². The molecule has 0 aliphatic carbocycles. The molecule has 3 nitrogen and oxygen atoms in total. The van der Waals surface area contributed by atoms with E-state index in [1.807, 2.05) is 26.0 Å². The number of benzene rings is 1. The molecule has 1 rings (SSSR count). The van der Waals surface area contributed by atoms with Crippen LogP contribution in [0.1, 0.15) is 52.6 Å². The SMILES string of the molecule is CCC(C)(C)C(NN)c1cccc(OC(C)C)c1. The minimum atomic E-state index is 0.102. The molecular formula is C15H26N2O. The number of ether oxygens (including phenoxy) is 1. The highest BCUT2D eigenvalue weighted by molar-refractivity contribution is 5.31. The average molecular weight is 250 g/mol. The molecule has 18 heavy (non-hydrogen) atoms. The van der Waals surface area contributed by atoms with Crippen molar-refractivity contribution in [2.75, 3.05) is 0 Å². The molecule has 0 aliphatic rings. The first-order valence-corrected chi connectivity index (χ1v) is 6.63. The Morgan fingerprint density at radius 3 is 2.50 bits per heavy atom. The van der Waals surface area contributed by atoms with Crippen molar-refractivity contribution < 1.29 is 4.74 Å². The van der Waals surface area contributed by atoms with Gasteiger partial charge in [0, 0.05) is 0 Å². The lowest BCUT2D eigenvalue weighted by Gasteiger charge is -2.33. The molecule has 3 N–H and O–H groups in total. The van der Waals surface area contributed by atoms with Gasteiger partial charge in [0.2, 0.25) is 0 Å². The summed E-state index contributed by atoms with van der Waals surface area (Å²) in [4.78, 5) is 0. The lowest BCUT2D eigenvalue weighted by molar-refractivity contribution is 0.230. The molecule has 3 heteroatoms. The van der Waals surface area contributed by atoms with E-state index in [1.165, 1.54) is 5.56 Å². The number of nitrogens with one attached hydrogen (secondary N) is 1. The fourth-order valence-corrected chi connectivity index (χ4v) is 2.02. The van der Waals surface area contributed by atoms with Crippen LogP contribution < -0.4 is 16.0 Å². The lowest BCUT2D eigenvalue weighted by Crippen LogP contribution is -2.38. The Balaban J connectivity index is 3.00. The highest BCUT2D eigenvalue weighted by Crippen LogP contribution is 2.36. The second-order valence-corrected chi connectivity index (χ2v) is 5.68. The van der Waals surface area contributed by atoms with Gasteiger partial charge in [0.1, 0.15) is 5.75 Å². The molecule has 1 aromatic rings. The van der Waals surface area contributed by atoms with Crippen molar-refractivity contribution in [2.24, 2.45) is 11.3 Å². The molecule has 102 valence electrons. The van der Waals surface area contributed by atoms with E-state index in [2.05, 4.69) is 38.3 Å². The average Bonchev–Trinajstić information content (AvgIpc) is 2.29. The zero-order valence-corrected chi connectivity index (χ0v) is 12.2. The summed E-state index contributed by atoms with van der Waals surface area (Å²) in [5.74, 6) is 6.62. The van der Waals surface area contributed by atoms with Crippen molar-refractivity contribution in [1.82, 2.24) is 5.43 Å². The van der Waals surface area contributed by atoms with E-state index >= 15 is 0 Å². The van der Waals surface area contributed by atoms with E-state index in [-0.39, 0.29) is 17.6 Å². The van der Waals surface area contributed by atoms with Crippen molar-refractivity contribution in [1.29, 1.82) is 0 Å². The molecule has 0 fully saturated rings. The Hall–Kier alpha value is -1.06. The molecule has 0 spiro atoms. The monoisotopic (exact) mass is 250 g/mol. The minimum Gasteiger partial charge on any atom is -0.491 e. The predicted molar refractivity (Wildman–Crippen MR) is 76.3 cm³/mol. The fourth-order valence-electron chi connectivity index (χ4n) is 2.02. The lowest BCUT2D eigenvalue weighted by atomic mass is 9.78. The second kappa shape index (κ2) is 6.21. The number of rotatable bonds is 6. The van der Waals surface area contributed by atoms with Gasteiger partial charge in [0.25, 0.3) is 0 Å². The van der Waals surface area contributed by atoms with E-state index in [4.69, 9.17) is 10.6 Å². The molecule has 0 aliphatic heterocycles. The van der Waals surface area contributed by atoms with Crippen LogP contribution in [0.25, 0.3) is 0 Å². The van der Waals surface area contributed by atoms with Crippen LogP contribution in [0.5, 0.6) is 5.75 Å². The van der Waals surface area contributed by atoms with Gasteiger partial charge in [0.05, 0.1) is 12.1 Å². The summed E-state index contributed by atoms with van der Waals surface area (Å²) >= 11 is 0. The highest BCUT2D eigenvalue weighted by atomic mass is 16.5. The first-order chi connectivity index (χ1) is 8.40. The van der Waals surface area contributed by atoms with Gasteiger partial charge in [-0.1, -0.05) is 32.9 Å². The zero-order chi connectivity index (χ0) is 13.8. The molecule has 0 bridgehead atoms. The van der Waals surface area contributed by atoms with Crippen molar-refractivity contribution in [3.63, 3.8) is 0 Å². The summed E-state index contributed by atoms with van der Waals surface area (Å²) < 4.78 is 5.73. The minimum absolute atomic E-state index is 0.102. The molecule has 0 heterocycles. The topological polar surface area (TPSA) is 47.3 Å². The maximum atomic E-state index is 5.73. The van der Waals surface area contributed by atoms with Crippen LogP contribution in [-0.2, 0) is 0 Å². The van der Waals surface area contributed by atoms with Crippen LogP contribution in [0.15, 0.2) is 24.3 Å². The third-order valence-corrected chi connectivity index (χ3v) is 3.42. The summed E-state index contributed by atoms with van der Waals surface area (Å²) in [5, 5.41) is 0. The van der Waals surface area contributed by atoms with Gasteiger partial charge < -0.3 is 4.74 Å². The van der Waals surface area contributed by atoms with Crippen LogP contribution in [0.2, 0.25) is 0 Å². The van der Waals surface area contributed by atoms with Crippen LogP contribution in [-0.4, -0.2) is 6.10 Å². The molecular weight excluding hydrogens is 224 g/mol. The molecule has 0 amide bonds. The second-order valence-electron chi connectivity index (χ2n) is 5.68. The Morgan fingerprint density at radius 2 is 2.00 bits per heavy atom. The molecule has 1 aromatic carbocycles. The first-order valence-electron chi connectivity index (χ1n) is 6.63. The number of hydrogen-bond donors (Lipinski definition) is 2. The van der Waals surface area contributed by atoms with Gasteiger partial charge in [-0.15, -0.1) is 0 Å². The maximum Gasteiger partial charge on any atom is 0.120 e. The maximum absolute atomic E-state index is 5.73. The quantitative estimate of drug-likeness (QED) is 0.601. The van der Waals surface area contributed by atoms with Gasteiger partial charge in [-0.3, -0.25) is 11.3 Å². The van der Waals surface area contributed by atoms with E-state index < -0.39 is 0 Å². The summed E-state index contributed by atoms with van der Waals surface area (Å²) in [6, 6.07) is 8.29. The first kappa shape index (κ1) is 15.0. The van der Waals surface area contributed by atoms with Crippen LogP contribution in [0, 0.1) is 5.41 Å². The van der Waals surface area contributed by atoms with Gasteiger partial charge >= 0.3 is 0 Å². The molecule has 1 unspecified atom stereocenters. The van der Waals surface area contributed by atoms with Crippen molar-refractivity contribution >= 4 is 0 Å². The highest BCUT2D eigenvalue weighted by Gasteiger charge is 2.28. The predicted octanol–water partition coefficient (Wildman–Crippen LogP) is 3.41. The van der Waals surface area contributed by atoms with Gasteiger partial charge in [-0.2, -0.15) is 0 Å². The summed E-state index contributed by atoms with van der Waals surface area (Å²) in [6.07, 6.45) is 1.24. The van der Waals surface area contributed by atoms with Gasteiger partial charge in [-0.25, -0.2) is 0 Å². The largest absolute Gasteiger partial charge is 0.491 e. The standard InChI is InChI=1S/C15H26N2O/c1-6-15(4,5)14(17-16)12-8-7-9-13(10-12)18-11(2)3/h7-11,14,17H,6,16H2,1-5H3. The molecule has 0 radical (unpaired) electrons. The number of hydrazine groups is 1. The number of nitrogens with two attached hydrogens (primary N) is 1. The van der Waals surface area contributed by atoms with Crippen molar-refractivity contribution in [3.8, 4) is 5.75 Å². The Labute approximate surface area is 111 Å². The Bertz CT molecular complexity index is 375. The Morgan fingerprint density at radius 1 is 1.33 bits per heavy atom. The van der Waals surface area contributed by atoms with Crippen molar-refractivity contribution in [3.05, 3.63) is 29.8 Å². The normalized spacial score (nSPS) is 13.7. The van der Waals surface area contributed by atoms with E-state index in [9.17, 15) is 0 Å². The van der Waals surface area contributed by atoms with Crippen LogP contribution in [0.3, 0.4) is 0 Å². The van der Waals surface area contributed by atoms with Crippen LogP contribution in [0.4, 0.5) is 0 Å². The fraction of sp³-hybridized carbons (Fsp3) is 0.600. The smallest absolute Gasteiger partial charge is 0.120 e. The molecule has 1 atom stereocenters. The van der Waals surface area contributed by atoms with Crippen LogP contribution >= 0.6 is 0 Å².